The first-order valence-electron chi connectivity index (χ1n) is 13.7. The molecule has 6 nitrogen and oxygen atoms in total. The molecule has 1 aromatic rings. The van der Waals surface area contributed by atoms with Crippen LogP contribution in [0.3, 0.4) is 0 Å². The van der Waals surface area contributed by atoms with Gasteiger partial charge < -0.3 is 10.0 Å². The van der Waals surface area contributed by atoms with Crippen LogP contribution in [0.5, 0.6) is 0 Å². The highest BCUT2D eigenvalue weighted by Gasteiger charge is 2.20. The Balaban J connectivity index is 2.55. The molecule has 1 aromatic heterocycles. The molecule has 0 bridgehead atoms. The van der Waals surface area contributed by atoms with Crippen molar-refractivity contribution in [2.75, 3.05) is 19.0 Å². The third kappa shape index (κ3) is 9.92. The molecule has 1 aliphatic rings. The zero-order valence-electron chi connectivity index (χ0n) is 22.6. The highest BCUT2D eigenvalue weighted by molar-refractivity contribution is 6.19. The van der Waals surface area contributed by atoms with Gasteiger partial charge in [-0.2, -0.15) is 0 Å². The summed E-state index contributed by atoms with van der Waals surface area (Å²) in [5.74, 6) is -0.313. The number of carbonyl (C=O) groups excluding carboxylic acids is 1. The predicted octanol–water partition coefficient (Wildman–Crippen LogP) is 7.09. The number of aromatic nitrogens is 2. The van der Waals surface area contributed by atoms with Crippen LogP contribution in [-0.2, 0) is 16.0 Å². The third-order valence-corrected chi connectivity index (χ3v) is 6.34. The highest BCUT2D eigenvalue weighted by atomic mass is 35.5. The van der Waals surface area contributed by atoms with Crippen LogP contribution in [0.25, 0.3) is 17.7 Å². The summed E-state index contributed by atoms with van der Waals surface area (Å²) in [6.07, 6.45) is 19.2. The van der Waals surface area contributed by atoms with Gasteiger partial charge in [0.15, 0.2) is 0 Å². The van der Waals surface area contributed by atoms with E-state index in [-0.39, 0.29) is 12.3 Å². The van der Waals surface area contributed by atoms with Crippen LogP contribution in [-0.4, -0.2) is 50.8 Å². The summed E-state index contributed by atoms with van der Waals surface area (Å²) in [7, 11) is 0. The average Bonchev–Trinajstić information content (AvgIpc) is 2.87. The molecule has 37 heavy (non-hydrogen) atoms. The maximum atomic E-state index is 13.5. The van der Waals surface area contributed by atoms with Gasteiger partial charge in [0.05, 0.1) is 22.8 Å². The smallest absolute Gasteiger partial charge is 0.303 e. The third-order valence-electron chi connectivity index (χ3n) is 6.17. The summed E-state index contributed by atoms with van der Waals surface area (Å²) in [5.41, 5.74) is 4.76. The molecular formula is C30H42ClN3O3. The van der Waals surface area contributed by atoms with E-state index in [1.165, 1.54) is 0 Å². The number of unbranched alkanes of at least 4 members (excludes halogenated alkanes) is 2. The number of amides is 1. The number of nitrogens with zero attached hydrogens (tertiary/aromatic N) is 3. The van der Waals surface area contributed by atoms with Crippen LogP contribution in [0.4, 0.5) is 0 Å². The number of allylic oxidation sites excluding steroid dienone is 5. The Morgan fingerprint density at radius 2 is 1.89 bits per heavy atom. The summed E-state index contributed by atoms with van der Waals surface area (Å²) >= 11 is 5.92. The van der Waals surface area contributed by atoms with Gasteiger partial charge in [0.25, 0.3) is 0 Å². The second-order valence-electron chi connectivity index (χ2n) is 9.27. The van der Waals surface area contributed by atoms with E-state index >= 15 is 0 Å². The van der Waals surface area contributed by atoms with Gasteiger partial charge in [0, 0.05) is 31.0 Å². The van der Waals surface area contributed by atoms with E-state index in [4.69, 9.17) is 26.7 Å². The topological polar surface area (TPSA) is 83.4 Å². The van der Waals surface area contributed by atoms with E-state index in [2.05, 4.69) is 32.9 Å². The summed E-state index contributed by atoms with van der Waals surface area (Å²) in [6, 6.07) is 0. The summed E-state index contributed by atoms with van der Waals surface area (Å²) < 4.78 is 0. The van der Waals surface area contributed by atoms with Crippen molar-refractivity contribution in [3.05, 3.63) is 52.7 Å². The largest absolute Gasteiger partial charge is 0.481 e. The first-order valence-corrected chi connectivity index (χ1v) is 14.2. The van der Waals surface area contributed by atoms with Crippen molar-refractivity contribution in [2.24, 2.45) is 0 Å². The normalized spacial score (nSPS) is 16.0. The fraction of sp³-hybridized carbons (Fsp3) is 0.533. The summed E-state index contributed by atoms with van der Waals surface area (Å²) in [4.78, 5) is 36.5. The first kappa shape index (κ1) is 30.5. The van der Waals surface area contributed by atoms with Crippen LogP contribution in [0.1, 0.15) is 101 Å². The van der Waals surface area contributed by atoms with Gasteiger partial charge >= 0.3 is 5.97 Å². The highest BCUT2D eigenvalue weighted by Crippen LogP contribution is 2.26. The predicted molar refractivity (Wildman–Crippen MR) is 153 cm³/mol. The number of rotatable bonds is 15. The lowest BCUT2D eigenvalue weighted by Gasteiger charge is -2.24. The number of aliphatic carboxylic acids is 1. The second-order valence-corrected chi connectivity index (χ2v) is 9.58. The number of carboxylic acids is 1. The van der Waals surface area contributed by atoms with Crippen molar-refractivity contribution >= 4 is 41.2 Å². The second kappa shape index (κ2) is 16.9. The molecule has 0 aliphatic heterocycles. The number of fused-ring (bicyclic) bond motifs is 1. The van der Waals surface area contributed by atoms with E-state index in [9.17, 15) is 9.59 Å². The van der Waals surface area contributed by atoms with Crippen LogP contribution >= 0.6 is 11.6 Å². The Bertz CT molecular complexity index is 1030. The summed E-state index contributed by atoms with van der Waals surface area (Å²) in [6.45, 7) is 7.82. The molecule has 1 heterocycles. The van der Waals surface area contributed by atoms with Gasteiger partial charge in [-0.25, -0.2) is 9.97 Å². The standard InChI is InChI=1S/C30H42ClN3O3/c1-4-7-21-34(20-6-3)30(37)24-14-8-9-16-25-27(22-24)32-26(17-10-11-18-28(35)36)29(33-25)23(13-5-2)15-12-19-31/h9,12-13,15-16,22H,4-8,10-11,14,17-21H2,1-3H3,(H,35,36)/b15-12-,16-9-,23-13+,24-22+. The number of carbonyl (C=O) groups is 2. The maximum Gasteiger partial charge on any atom is 0.303 e. The van der Waals surface area contributed by atoms with Crippen LogP contribution in [0, 0.1) is 0 Å². The Labute approximate surface area is 227 Å². The Morgan fingerprint density at radius 3 is 2.57 bits per heavy atom. The number of halogens is 1. The molecule has 0 saturated heterocycles. The van der Waals surface area contributed by atoms with Crippen LogP contribution in [0.15, 0.2) is 29.9 Å². The molecule has 0 spiro atoms. The van der Waals surface area contributed by atoms with Crippen molar-refractivity contribution in [1.29, 1.82) is 0 Å². The van der Waals surface area contributed by atoms with Gasteiger partial charge in [-0.1, -0.05) is 51.5 Å². The van der Waals surface area contributed by atoms with Crippen molar-refractivity contribution < 1.29 is 14.7 Å². The molecule has 7 heteroatoms. The zero-order chi connectivity index (χ0) is 27.0. The fourth-order valence-electron chi connectivity index (χ4n) is 4.31. The molecule has 0 saturated carbocycles. The molecule has 1 amide bonds. The number of hydrogen-bond donors (Lipinski definition) is 1. The molecule has 1 N–H and O–H groups in total. The minimum absolute atomic E-state index is 0.0852. The quantitative estimate of drug-likeness (QED) is 0.149. The van der Waals surface area contributed by atoms with E-state index in [0.717, 1.165) is 73.4 Å². The molecule has 0 radical (unpaired) electrons. The zero-order valence-corrected chi connectivity index (χ0v) is 23.4. The molecular weight excluding hydrogens is 486 g/mol. The summed E-state index contributed by atoms with van der Waals surface area (Å²) in [5, 5.41) is 9.04. The van der Waals surface area contributed by atoms with E-state index < -0.39 is 5.97 Å². The van der Waals surface area contributed by atoms with Gasteiger partial charge in [0.1, 0.15) is 0 Å². The monoisotopic (exact) mass is 527 g/mol. The van der Waals surface area contributed by atoms with Crippen LogP contribution in [0.2, 0.25) is 0 Å². The minimum Gasteiger partial charge on any atom is -0.481 e. The van der Waals surface area contributed by atoms with E-state index in [1.54, 1.807) is 0 Å². The lowest BCUT2D eigenvalue weighted by atomic mass is 10.00. The van der Waals surface area contributed by atoms with E-state index in [0.29, 0.717) is 37.3 Å². The molecule has 0 unspecified atom stereocenters. The molecule has 0 fully saturated rings. The molecule has 0 atom stereocenters. The first-order chi connectivity index (χ1) is 17.9. The number of aryl methyl sites for hydroxylation is 1. The SMILES string of the molecule is CC/C=C(\C=C/CCl)c1nc2c(nc1CCCCC(=O)O)/C=C(/C(=O)N(CCC)CCCC)CC/C=C\2. The Hall–Kier alpha value is -2.73. The lowest BCUT2D eigenvalue weighted by molar-refractivity contribution is -0.137. The van der Waals surface area contributed by atoms with E-state index in [1.807, 2.05) is 29.2 Å². The molecule has 0 aromatic carbocycles. The van der Waals surface area contributed by atoms with Gasteiger partial charge in [-0.3, -0.25) is 9.59 Å². The van der Waals surface area contributed by atoms with Crippen molar-refractivity contribution in [3.8, 4) is 0 Å². The molecule has 202 valence electrons. The average molecular weight is 528 g/mol. The van der Waals surface area contributed by atoms with Gasteiger partial charge in [-0.15, -0.1) is 11.6 Å². The lowest BCUT2D eigenvalue weighted by Crippen LogP contribution is -2.34. The van der Waals surface area contributed by atoms with Crippen molar-refractivity contribution in [1.82, 2.24) is 14.9 Å². The number of alkyl halides is 1. The molecule has 2 rings (SSSR count). The van der Waals surface area contributed by atoms with Crippen molar-refractivity contribution in [3.63, 3.8) is 0 Å². The number of carboxylic acid groups (broad SMARTS) is 1. The number of hydrogen-bond acceptors (Lipinski definition) is 4. The van der Waals surface area contributed by atoms with Gasteiger partial charge in [-0.05, 0) is 69.1 Å². The fourth-order valence-corrected chi connectivity index (χ4v) is 4.40. The Morgan fingerprint density at radius 1 is 1.08 bits per heavy atom. The van der Waals surface area contributed by atoms with Crippen molar-refractivity contribution in [2.45, 2.75) is 85.0 Å². The Kier molecular flexibility index (Phi) is 13.9. The minimum atomic E-state index is -0.794. The maximum absolute atomic E-state index is 13.5. The van der Waals surface area contributed by atoms with Gasteiger partial charge in [0.2, 0.25) is 5.91 Å². The van der Waals surface area contributed by atoms with Crippen LogP contribution < -0.4 is 0 Å². The molecule has 1 aliphatic carbocycles.